The summed E-state index contributed by atoms with van der Waals surface area (Å²) in [5, 5.41) is 3.15. The number of alkyl halides is 3. The highest BCUT2D eigenvalue weighted by Crippen LogP contribution is 2.51. The quantitative estimate of drug-likeness (QED) is 0.0185. The number of nitrogens with one attached hydrogen (secondary N) is 2. The van der Waals surface area contributed by atoms with Gasteiger partial charge < -0.3 is 38.2 Å². The fourth-order valence-corrected chi connectivity index (χ4v) is 9.00. The zero-order chi connectivity index (χ0) is 43.7. The number of unbranched alkanes of at least 4 members (excludes halogenated alkanes) is 2. The maximum absolute atomic E-state index is 12.4. The molecule has 0 aliphatic carbocycles. The van der Waals surface area contributed by atoms with Crippen LogP contribution in [0.2, 0.25) is 0 Å². The second kappa shape index (κ2) is 23.7. The van der Waals surface area contributed by atoms with Gasteiger partial charge in [0.25, 0.3) is 8.53 Å². The van der Waals surface area contributed by atoms with E-state index in [4.69, 9.17) is 42.4 Å². The summed E-state index contributed by atoms with van der Waals surface area (Å²) in [6, 6.07) is 23.6. The molecule has 1 heterocycles. The summed E-state index contributed by atoms with van der Waals surface area (Å²) in [7, 11) is 8.37. The molecule has 60 heavy (non-hydrogen) atoms. The number of amides is 2. The highest BCUT2D eigenvalue weighted by atomic mass is 31.2. The van der Waals surface area contributed by atoms with Crippen LogP contribution in [-0.4, -0.2) is 95.7 Å². The summed E-state index contributed by atoms with van der Waals surface area (Å²) in [4.78, 5) is 14.9. The van der Waals surface area contributed by atoms with Crippen LogP contribution in [0.25, 0.3) is 4.85 Å². The largest absolute Gasteiger partial charge is 0.497 e. The summed E-state index contributed by atoms with van der Waals surface area (Å²) in [6.07, 6.45) is 0.217. The Morgan fingerprint density at radius 3 is 2.03 bits per heavy atom. The second-order valence-electron chi connectivity index (χ2n) is 14.8. The van der Waals surface area contributed by atoms with Gasteiger partial charge in [0.2, 0.25) is 6.54 Å². The third-order valence-electron chi connectivity index (χ3n) is 9.96. The molecule has 0 spiro atoms. The standard InChI is InChI=1S/C44H57BF3N4O7P/c1-31(2)52(32(3)4)60(57-29-28-49-5)59-40-38(18-14-9-8-10-15-27-50-42(53)51-44(46,47)48)41(45)58-39(40)30-56-43(33-16-12-11-13-17-33,34-19-23-36(54-6)24-20-34)35-21-25-37(55-7)26-22-35/h9,11-14,16-17,19-26,31-32,38-41H,8,10,15,18,27-30H2,1-4,6-7H3,(H2,50,51,53)/b14-9+/t38?,39-,40-,41-,60?/m1/s1. The number of ether oxygens (including phenoxy) is 4. The average Bonchev–Trinajstić information content (AvgIpc) is 3.51. The van der Waals surface area contributed by atoms with Gasteiger partial charge in [0.1, 0.15) is 37.7 Å². The topological polar surface area (TPSA) is 104 Å². The highest BCUT2D eigenvalue weighted by Gasteiger charge is 2.47. The van der Waals surface area contributed by atoms with E-state index in [2.05, 4.69) is 42.5 Å². The molecular weight excluding hydrogens is 795 g/mol. The van der Waals surface area contributed by atoms with E-state index in [1.807, 2.05) is 91.0 Å². The van der Waals surface area contributed by atoms with E-state index in [1.165, 1.54) is 0 Å². The smallest absolute Gasteiger partial charge is 0.485 e. The van der Waals surface area contributed by atoms with Crippen molar-refractivity contribution in [1.29, 1.82) is 0 Å². The molecule has 1 saturated heterocycles. The molecule has 2 amide bonds. The Balaban J connectivity index is 1.67. The lowest BCUT2D eigenvalue weighted by molar-refractivity contribution is -0.145. The van der Waals surface area contributed by atoms with Gasteiger partial charge in [0.15, 0.2) is 0 Å². The van der Waals surface area contributed by atoms with Gasteiger partial charge >= 0.3 is 12.3 Å². The molecule has 16 heteroatoms. The van der Waals surface area contributed by atoms with E-state index in [0.717, 1.165) is 22.0 Å². The molecule has 0 bridgehead atoms. The summed E-state index contributed by atoms with van der Waals surface area (Å²) in [5.41, 5.74) is 1.46. The highest BCUT2D eigenvalue weighted by molar-refractivity contribution is 7.44. The Morgan fingerprint density at radius 1 is 0.917 bits per heavy atom. The Morgan fingerprint density at radius 2 is 1.50 bits per heavy atom. The molecule has 11 nitrogen and oxygen atoms in total. The van der Waals surface area contributed by atoms with Crippen molar-refractivity contribution in [2.24, 2.45) is 5.92 Å². The molecular formula is C44H57BF3N4O7P. The fraction of sp³-hybridized carbons (Fsp3) is 0.500. The minimum absolute atomic E-state index is 0.0537. The van der Waals surface area contributed by atoms with Crippen LogP contribution in [-0.2, 0) is 24.1 Å². The number of hydrogen-bond donors (Lipinski definition) is 2. The maximum atomic E-state index is 12.4. The molecule has 324 valence electrons. The first kappa shape index (κ1) is 48.5. The summed E-state index contributed by atoms with van der Waals surface area (Å²) >= 11 is 0. The molecule has 0 saturated carbocycles. The lowest BCUT2D eigenvalue weighted by Crippen LogP contribution is -2.44. The van der Waals surface area contributed by atoms with Crippen LogP contribution in [0.15, 0.2) is 91.0 Å². The second-order valence-corrected chi connectivity index (χ2v) is 16.2. The first-order chi connectivity index (χ1) is 28.7. The van der Waals surface area contributed by atoms with Crippen LogP contribution in [0.1, 0.15) is 70.1 Å². The average molecular weight is 853 g/mol. The molecule has 3 aromatic carbocycles. The van der Waals surface area contributed by atoms with Crippen LogP contribution in [0.3, 0.4) is 0 Å². The zero-order valence-electron chi connectivity index (χ0n) is 35.2. The monoisotopic (exact) mass is 852 g/mol. The fourth-order valence-electron chi connectivity index (χ4n) is 7.20. The molecule has 4 rings (SSSR count). The number of rotatable bonds is 23. The third kappa shape index (κ3) is 13.7. The van der Waals surface area contributed by atoms with Crippen molar-refractivity contribution in [3.05, 3.63) is 119 Å². The van der Waals surface area contributed by atoms with Gasteiger partial charge in [-0.2, -0.15) is 13.2 Å². The minimum Gasteiger partial charge on any atom is -0.497 e. The minimum atomic E-state index is -4.78. The van der Waals surface area contributed by atoms with Crippen molar-refractivity contribution in [2.45, 2.75) is 95.6 Å². The lowest BCUT2D eigenvalue weighted by atomic mass is 9.79. The van der Waals surface area contributed by atoms with Crippen LogP contribution < -0.4 is 20.1 Å². The number of hydrogen-bond acceptors (Lipinski definition) is 8. The van der Waals surface area contributed by atoms with Gasteiger partial charge in [0.05, 0.1) is 26.9 Å². The summed E-state index contributed by atoms with van der Waals surface area (Å²) in [6.45, 7) is 16.2. The van der Waals surface area contributed by atoms with Gasteiger partial charge in [-0.25, -0.2) is 21.4 Å². The molecule has 0 aromatic heterocycles. The third-order valence-corrected chi connectivity index (χ3v) is 12.1. The van der Waals surface area contributed by atoms with E-state index >= 15 is 0 Å². The van der Waals surface area contributed by atoms with Crippen molar-refractivity contribution in [1.82, 2.24) is 15.3 Å². The van der Waals surface area contributed by atoms with E-state index in [-0.39, 0.29) is 44.3 Å². The molecule has 3 aromatic rings. The van der Waals surface area contributed by atoms with Crippen LogP contribution in [0.4, 0.5) is 18.0 Å². The predicted molar refractivity (Wildman–Crippen MR) is 228 cm³/mol. The van der Waals surface area contributed by atoms with Crippen molar-refractivity contribution < 1.29 is 46.0 Å². The van der Waals surface area contributed by atoms with Gasteiger partial charge in [-0.15, -0.1) is 0 Å². The number of nitrogens with zero attached hydrogens (tertiary/aromatic N) is 2. The Bertz CT molecular complexity index is 1740. The van der Waals surface area contributed by atoms with E-state index in [0.29, 0.717) is 37.2 Å². The Kier molecular flexibility index (Phi) is 19.2. The number of allylic oxidation sites excluding steroid dienone is 2. The predicted octanol–water partition coefficient (Wildman–Crippen LogP) is 9.12. The van der Waals surface area contributed by atoms with E-state index < -0.39 is 44.7 Å². The number of benzene rings is 3. The van der Waals surface area contributed by atoms with E-state index in [9.17, 15) is 18.0 Å². The summed E-state index contributed by atoms with van der Waals surface area (Å²) < 4.78 is 77.6. The summed E-state index contributed by atoms with van der Waals surface area (Å²) in [5.74, 6) is 1.06. The van der Waals surface area contributed by atoms with Crippen LogP contribution in [0, 0.1) is 12.5 Å². The molecule has 1 aliphatic rings. The molecule has 5 atom stereocenters. The Hall–Kier alpha value is -4.16. The SMILES string of the molecule is [B][C@@H]1O[C@H](COC(c2ccccc2)(c2ccc(OC)cc2)c2ccc(OC)cc2)[C@H](OP(OCC[N+]#[C-])N(C(C)C)C(C)C)C1C/C=C/CCCCNC(=O)NC(F)(F)F. The van der Waals surface area contributed by atoms with Gasteiger partial charge in [-0.05, 0) is 94.3 Å². The first-order valence-electron chi connectivity index (χ1n) is 20.1. The van der Waals surface area contributed by atoms with Gasteiger partial charge in [-0.3, -0.25) is 0 Å². The molecule has 1 fully saturated rings. The van der Waals surface area contributed by atoms with E-state index in [1.54, 1.807) is 14.2 Å². The van der Waals surface area contributed by atoms with Crippen molar-refractivity contribution in [3.8, 4) is 11.5 Å². The Labute approximate surface area is 355 Å². The first-order valence-corrected chi connectivity index (χ1v) is 21.3. The van der Waals surface area contributed by atoms with Gasteiger partial charge in [0, 0.05) is 30.5 Å². The number of methoxy groups -OCH3 is 2. The number of carbonyl (C=O) groups excluding carboxylic acids is 1. The maximum Gasteiger partial charge on any atom is 0.485 e. The number of urea groups is 1. The lowest BCUT2D eigenvalue weighted by Gasteiger charge is -2.39. The van der Waals surface area contributed by atoms with Crippen molar-refractivity contribution >= 4 is 22.4 Å². The number of carbonyl (C=O) groups is 1. The van der Waals surface area contributed by atoms with Crippen LogP contribution >= 0.6 is 8.53 Å². The van der Waals surface area contributed by atoms with Crippen LogP contribution in [0.5, 0.6) is 11.5 Å². The number of halogens is 3. The molecule has 2 N–H and O–H groups in total. The molecule has 1 aliphatic heterocycles. The normalized spacial score (nSPS) is 18.9. The van der Waals surface area contributed by atoms with Gasteiger partial charge in [-0.1, -0.05) is 66.7 Å². The van der Waals surface area contributed by atoms with Crippen molar-refractivity contribution in [3.63, 3.8) is 0 Å². The molecule has 2 unspecified atom stereocenters. The molecule has 2 radical (unpaired) electrons. The zero-order valence-corrected chi connectivity index (χ0v) is 36.1. The van der Waals surface area contributed by atoms with Crippen molar-refractivity contribution in [2.75, 3.05) is 40.5 Å².